The third kappa shape index (κ3) is 3.59. The Morgan fingerprint density at radius 3 is 2.83 bits per heavy atom. The maximum atomic E-state index is 9.04. The molecule has 3 rings (SSSR count). The summed E-state index contributed by atoms with van der Waals surface area (Å²) in [5.41, 5.74) is 1.71. The molecular formula is C18H20N4O. The molecular weight excluding hydrogens is 288 g/mol. The van der Waals surface area contributed by atoms with Gasteiger partial charge in [0.25, 0.3) is 0 Å². The van der Waals surface area contributed by atoms with Crippen LogP contribution < -0.4 is 9.64 Å². The highest BCUT2D eigenvalue weighted by Gasteiger charge is 2.24. The Hall–Kier alpha value is -2.61. The fourth-order valence-electron chi connectivity index (χ4n) is 3.11. The van der Waals surface area contributed by atoms with Crippen LogP contribution in [0.5, 0.6) is 5.75 Å². The van der Waals surface area contributed by atoms with Crippen LogP contribution in [0.3, 0.4) is 0 Å². The van der Waals surface area contributed by atoms with Crippen LogP contribution in [0.2, 0.25) is 0 Å². The highest BCUT2D eigenvalue weighted by atomic mass is 16.5. The normalized spacial score (nSPS) is 17.6. The van der Waals surface area contributed by atoms with E-state index in [-0.39, 0.29) is 0 Å². The van der Waals surface area contributed by atoms with Gasteiger partial charge in [-0.15, -0.1) is 0 Å². The first-order valence-electron chi connectivity index (χ1n) is 7.92. The van der Waals surface area contributed by atoms with Gasteiger partial charge in [-0.2, -0.15) is 5.26 Å². The van der Waals surface area contributed by atoms with Crippen LogP contribution in [-0.4, -0.2) is 29.7 Å². The van der Waals surface area contributed by atoms with E-state index in [2.05, 4.69) is 33.1 Å². The average Bonchev–Trinajstić information content (AvgIpc) is 2.63. The number of benzene rings is 1. The van der Waals surface area contributed by atoms with Crippen LogP contribution in [0, 0.1) is 11.3 Å². The highest BCUT2D eigenvalue weighted by Crippen LogP contribution is 2.26. The predicted octanol–water partition coefficient (Wildman–Crippen LogP) is 2.96. The second-order valence-corrected chi connectivity index (χ2v) is 5.77. The molecule has 23 heavy (non-hydrogen) atoms. The number of rotatable bonds is 4. The first-order valence-corrected chi connectivity index (χ1v) is 7.92. The van der Waals surface area contributed by atoms with Gasteiger partial charge >= 0.3 is 0 Å². The summed E-state index contributed by atoms with van der Waals surface area (Å²) < 4.78 is 5.22. The number of hydrogen-bond donors (Lipinski definition) is 0. The third-order valence-corrected chi connectivity index (χ3v) is 4.32. The van der Waals surface area contributed by atoms with Crippen molar-refractivity contribution in [1.82, 2.24) is 9.97 Å². The van der Waals surface area contributed by atoms with Crippen LogP contribution >= 0.6 is 0 Å². The molecule has 0 bridgehead atoms. The van der Waals surface area contributed by atoms with Gasteiger partial charge in [-0.1, -0.05) is 12.1 Å². The summed E-state index contributed by atoms with van der Waals surface area (Å²) in [7, 11) is 1.68. The average molecular weight is 308 g/mol. The monoisotopic (exact) mass is 308 g/mol. The molecule has 1 atom stereocenters. The number of methoxy groups -OCH3 is 1. The van der Waals surface area contributed by atoms with Crippen molar-refractivity contribution in [3.63, 3.8) is 0 Å². The van der Waals surface area contributed by atoms with Crippen molar-refractivity contribution >= 4 is 5.82 Å². The smallest absolute Gasteiger partial charge is 0.145 e. The van der Waals surface area contributed by atoms with E-state index in [1.54, 1.807) is 13.2 Å². The van der Waals surface area contributed by atoms with Gasteiger partial charge in [0, 0.05) is 18.7 Å². The molecule has 1 unspecified atom stereocenters. The van der Waals surface area contributed by atoms with Gasteiger partial charge < -0.3 is 9.64 Å². The molecule has 2 aromatic rings. The van der Waals surface area contributed by atoms with E-state index in [1.165, 1.54) is 18.3 Å². The van der Waals surface area contributed by atoms with E-state index >= 15 is 0 Å². The van der Waals surface area contributed by atoms with Crippen LogP contribution in [0.1, 0.15) is 30.5 Å². The van der Waals surface area contributed by atoms with Gasteiger partial charge in [0.2, 0.25) is 0 Å². The second kappa shape index (κ2) is 7.10. The van der Waals surface area contributed by atoms with Gasteiger partial charge in [-0.05, 0) is 43.4 Å². The summed E-state index contributed by atoms with van der Waals surface area (Å²) in [4.78, 5) is 10.7. The van der Waals surface area contributed by atoms with Crippen molar-refractivity contribution in [2.75, 3.05) is 18.6 Å². The summed E-state index contributed by atoms with van der Waals surface area (Å²) in [5.74, 6) is 1.73. The van der Waals surface area contributed by atoms with E-state index in [1.807, 2.05) is 12.1 Å². The Morgan fingerprint density at radius 2 is 2.09 bits per heavy atom. The van der Waals surface area contributed by atoms with Crippen LogP contribution in [0.4, 0.5) is 5.82 Å². The molecule has 0 radical (unpaired) electrons. The zero-order valence-electron chi connectivity index (χ0n) is 13.3. The van der Waals surface area contributed by atoms with Crippen molar-refractivity contribution in [2.45, 2.75) is 31.7 Å². The molecule has 2 heterocycles. The molecule has 0 spiro atoms. The van der Waals surface area contributed by atoms with Gasteiger partial charge in [-0.3, -0.25) is 0 Å². The van der Waals surface area contributed by atoms with Gasteiger partial charge in [0.05, 0.1) is 7.11 Å². The minimum Gasteiger partial charge on any atom is -0.497 e. The van der Waals surface area contributed by atoms with Crippen molar-refractivity contribution in [3.8, 4) is 11.8 Å². The SMILES string of the molecule is COc1ccc(CC2CCCCN2c2cc(C#N)ncn2)cc1. The summed E-state index contributed by atoms with van der Waals surface area (Å²) in [5, 5.41) is 9.04. The van der Waals surface area contributed by atoms with Gasteiger partial charge in [0.1, 0.15) is 29.7 Å². The minimum atomic E-state index is 0.401. The largest absolute Gasteiger partial charge is 0.497 e. The molecule has 1 saturated heterocycles. The van der Waals surface area contributed by atoms with E-state index in [0.29, 0.717) is 11.7 Å². The quantitative estimate of drug-likeness (QED) is 0.869. The molecule has 5 nitrogen and oxygen atoms in total. The number of anilines is 1. The molecule has 0 aliphatic carbocycles. The molecule has 0 N–H and O–H groups in total. The molecule has 5 heteroatoms. The molecule has 1 aliphatic rings. The summed E-state index contributed by atoms with van der Waals surface area (Å²) in [6, 6.07) is 12.5. The lowest BCUT2D eigenvalue weighted by atomic mass is 9.95. The first kappa shape index (κ1) is 15.3. The van der Waals surface area contributed by atoms with Crippen molar-refractivity contribution in [3.05, 3.63) is 47.9 Å². The molecule has 1 aromatic carbocycles. The van der Waals surface area contributed by atoms with Gasteiger partial charge in [0.15, 0.2) is 0 Å². The van der Waals surface area contributed by atoms with Crippen LogP contribution in [0.25, 0.3) is 0 Å². The minimum absolute atomic E-state index is 0.401. The van der Waals surface area contributed by atoms with Crippen molar-refractivity contribution in [2.24, 2.45) is 0 Å². The summed E-state index contributed by atoms with van der Waals surface area (Å²) >= 11 is 0. The van der Waals surface area contributed by atoms with E-state index in [4.69, 9.17) is 10.00 Å². The zero-order chi connectivity index (χ0) is 16.1. The van der Waals surface area contributed by atoms with Crippen molar-refractivity contribution in [1.29, 1.82) is 5.26 Å². The topological polar surface area (TPSA) is 62.0 Å². The lowest BCUT2D eigenvalue weighted by Gasteiger charge is -2.36. The zero-order valence-corrected chi connectivity index (χ0v) is 13.3. The number of ether oxygens (including phenoxy) is 1. The standard InChI is InChI=1S/C18H20N4O/c1-23-17-7-5-14(6-8-17)10-16-4-2-3-9-22(16)18-11-15(12-19)20-13-21-18/h5-8,11,13,16H,2-4,9-10H2,1H3. The maximum absolute atomic E-state index is 9.04. The Bertz CT molecular complexity index is 693. The molecule has 1 aromatic heterocycles. The summed E-state index contributed by atoms with van der Waals surface area (Å²) in [6.07, 6.45) is 5.97. The Balaban J connectivity index is 1.79. The molecule has 0 amide bonds. The van der Waals surface area contributed by atoms with Crippen LogP contribution in [-0.2, 0) is 6.42 Å². The van der Waals surface area contributed by atoms with E-state index in [9.17, 15) is 0 Å². The Labute approximate surface area is 136 Å². The lowest BCUT2D eigenvalue weighted by molar-refractivity contribution is 0.414. The number of hydrogen-bond acceptors (Lipinski definition) is 5. The maximum Gasteiger partial charge on any atom is 0.145 e. The number of nitriles is 1. The number of piperidine rings is 1. The Morgan fingerprint density at radius 1 is 1.26 bits per heavy atom. The fraction of sp³-hybridized carbons (Fsp3) is 0.389. The number of aromatic nitrogens is 2. The molecule has 0 saturated carbocycles. The highest BCUT2D eigenvalue weighted by molar-refractivity contribution is 5.44. The Kier molecular flexibility index (Phi) is 4.72. The molecule has 1 aliphatic heterocycles. The predicted molar refractivity (Wildman–Crippen MR) is 88.4 cm³/mol. The van der Waals surface area contributed by atoms with Crippen LogP contribution in [0.15, 0.2) is 36.7 Å². The van der Waals surface area contributed by atoms with E-state index < -0.39 is 0 Å². The first-order chi connectivity index (χ1) is 11.3. The summed E-state index contributed by atoms with van der Waals surface area (Å²) in [6.45, 7) is 0.975. The number of nitrogens with zero attached hydrogens (tertiary/aromatic N) is 4. The van der Waals surface area contributed by atoms with E-state index in [0.717, 1.165) is 37.4 Å². The second-order valence-electron chi connectivity index (χ2n) is 5.77. The lowest BCUT2D eigenvalue weighted by Crippen LogP contribution is -2.41. The van der Waals surface area contributed by atoms with Crippen molar-refractivity contribution < 1.29 is 4.74 Å². The third-order valence-electron chi connectivity index (χ3n) is 4.32. The van der Waals surface area contributed by atoms with Gasteiger partial charge in [-0.25, -0.2) is 9.97 Å². The molecule has 118 valence electrons. The molecule has 1 fully saturated rings. The fourth-order valence-corrected chi connectivity index (χ4v) is 3.11.